The monoisotopic (exact) mass is 403 g/mol. The van der Waals surface area contributed by atoms with Crippen molar-refractivity contribution < 1.29 is 22.8 Å². The second kappa shape index (κ2) is 8.89. The molecule has 1 aliphatic carbocycles. The van der Waals surface area contributed by atoms with Crippen molar-refractivity contribution in [3.63, 3.8) is 0 Å². The summed E-state index contributed by atoms with van der Waals surface area (Å²) in [5.74, 6) is -1.25. The van der Waals surface area contributed by atoms with Gasteiger partial charge in [-0.1, -0.05) is 36.4 Å². The molecule has 3 rings (SSSR count). The van der Waals surface area contributed by atoms with Gasteiger partial charge in [0.2, 0.25) is 0 Å². The summed E-state index contributed by atoms with van der Waals surface area (Å²) in [7, 11) is 0. The first-order valence-corrected chi connectivity index (χ1v) is 9.88. The molecular weight excluding hydrogens is 379 g/mol. The predicted octanol–water partition coefficient (Wildman–Crippen LogP) is 5.39. The molecule has 1 fully saturated rings. The highest BCUT2D eigenvalue weighted by atomic mass is 19.4. The van der Waals surface area contributed by atoms with E-state index in [0.717, 1.165) is 18.9 Å². The Morgan fingerprint density at radius 1 is 1.00 bits per heavy atom. The number of nitrogens with zero attached hydrogens (tertiary/aromatic N) is 1. The van der Waals surface area contributed by atoms with Crippen LogP contribution in [0.15, 0.2) is 48.5 Å². The third-order valence-corrected chi connectivity index (χ3v) is 5.75. The van der Waals surface area contributed by atoms with Gasteiger partial charge in [-0.15, -0.1) is 0 Å². The highest BCUT2D eigenvalue weighted by molar-refractivity contribution is 6.02. The summed E-state index contributed by atoms with van der Waals surface area (Å²) < 4.78 is 38.7. The summed E-state index contributed by atoms with van der Waals surface area (Å²) in [5.41, 5.74) is 0.370. The molecule has 3 nitrogen and oxygen atoms in total. The fraction of sp³-hybridized carbons (Fsp3) is 0.435. The van der Waals surface area contributed by atoms with Gasteiger partial charge in [0.25, 0.3) is 0 Å². The van der Waals surface area contributed by atoms with Gasteiger partial charge in [0, 0.05) is 18.0 Å². The number of carbonyl (C=O) groups excluding carboxylic acids is 2. The normalized spacial score (nSPS) is 20.8. The molecule has 0 saturated heterocycles. The summed E-state index contributed by atoms with van der Waals surface area (Å²) in [6, 6.07) is 13.7. The Morgan fingerprint density at radius 3 is 2.24 bits per heavy atom. The van der Waals surface area contributed by atoms with Crippen molar-refractivity contribution in [3.05, 3.63) is 65.5 Å². The van der Waals surface area contributed by atoms with Crippen molar-refractivity contribution in [1.82, 2.24) is 4.98 Å². The third kappa shape index (κ3) is 5.31. The van der Waals surface area contributed by atoms with E-state index in [-0.39, 0.29) is 29.6 Å². The standard InChI is InChI=1S/C23H24F3NO2/c1-15(28)20(14-19-8-5-9-21(27-19)23(24,25)26)22(29)18-12-10-17(11-13-18)16-6-3-2-4-7-16/h2-9,17-18,20H,10-14H2,1H3. The number of hydrogen-bond acceptors (Lipinski definition) is 3. The molecule has 6 heteroatoms. The van der Waals surface area contributed by atoms with Crippen LogP contribution in [-0.4, -0.2) is 16.6 Å². The van der Waals surface area contributed by atoms with Gasteiger partial charge in [-0.3, -0.25) is 9.59 Å². The summed E-state index contributed by atoms with van der Waals surface area (Å²) in [5, 5.41) is 0. The lowest BCUT2D eigenvalue weighted by atomic mass is 9.74. The van der Waals surface area contributed by atoms with E-state index in [1.54, 1.807) is 0 Å². The molecule has 2 aromatic rings. The fourth-order valence-corrected chi connectivity index (χ4v) is 4.13. The topological polar surface area (TPSA) is 47.0 Å². The van der Waals surface area contributed by atoms with Crippen molar-refractivity contribution in [1.29, 1.82) is 0 Å². The highest BCUT2D eigenvalue weighted by Gasteiger charge is 2.35. The maximum atomic E-state index is 13.0. The SMILES string of the molecule is CC(=O)C(Cc1cccc(C(F)(F)F)n1)C(=O)C1CCC(c2ccccc2)CC1. The van der Waals surface area contributed by atoms with E-state index < -0.39 is 17.8 Å². The second-order valence-corrected chi connectivity index (χ2v) is 7.74. The van der Waals surface area contributed by atoms with Gasteiger partial charge < -0.3 is 0 Å². The molecule has 154 valence electrons. The van der Waals surface area contributed by atoms with Gasteiger partial charge in [-0.05, 0) is 56.2 Å². The van der Waals surface area contributed by atoms with Gasteiger partial charge in [0.05, 0.1) is 5.92 Å². The molecule has 0 radical (unpaired) electrons. The minimum atomic E-state index is -4.55. The number of alkyl halides is 3. The zero-order chi connectivity index (χ0) is 21.0. The molecule has 0 N–H and O–H groups in total. The highest BCUT2D eigenvalue weighted by Crippen LogP contribution is 2.37. The molecule has 1 aromatic heterocycles. The minimum absolute atomic E-state index is 0.0866. The van der Waals surface area contributed by atoms with E-state index in [1.165, 1.54) is 24.6 Å². The largest absolute Gasteiger partial charge is 0.433 e. The second-order valence-electron chi connectivity index (χ2n) is 7.74. The lowest BCUT2D eigenvalue weighted by Crippen LogP contribution is -2.32. The molecule has 1 heterocycles. The number of benzene rings is 1. The molecule has 0 spiro atoms. The molecule has 0 aliphatic heterocycles. The molecule has 1 atom stereocenters. The molecule has 29 heavy (non-hydrogen) atoms. The van der Waals surface area contributed by atoms with Gasteiger partial charge >= 0.3 is 6.18 Å². The maximum Gasteiger partial charge on any atom is 0.433 e. The number of rotatable bonds is 6. The van der Waals surface area contributed by atoms with Crippen LogP contribution in [0.5, 0.6) is 0 Å². The van der Waals surface area contributed by atoms with E-state index >= 15 is 0 Å². The van der Waals surface area contributed by atoms with Crippen LogP contribution in [0.25, 0.3) is 0 Å². The maximum absolute atomic E-state index is 13.0. The van der Waals surface area contributed by atoms with Crippen LogP contribution in [0, 0.1) is 11.8 Å². The number of carbonyl (C=O) groups is 2. The van der Waals surface area contributed by atoms with Crippen molar-refractivity contribution >= 4 is 11.6 Å². The Hall–Kier alpha value is -2.50. The number of pyridine rings is 1. The van der Waals surface area contributed by atoms with Gasteiger partial charge in [-0.25, -0.2) is 4.98 Å². The van der Waals surface area contributed by atoms with E-state index in [1.807, 2.05) is 18.2 Å². The first kappa shape index (κ1) is 21.2. The van der Waals surface area contributed by atoms with Crippen LogP contribution >= 0.6 is 0 Å². The fourth-order valence-electron chi connectivity index (χ4n) is 4.13. The summed E-state index contributed by atoms with van der Waals surface area (Å²) in [6.45, 7) is 1.33. The van der Waals surface area contributed by atoms with Crippen LogP contribution in [-0.2, 0) is 22.2 Å². The van der Waals surface area contributed by atoms with Crippen LogP contribution in [0.1, 0.15) is 55.5 Å². The van der Waals surface area contributed by atoms with Crippen molar-refractivity contribution in [2.45, 2.75) is 51.1 Å². The zero-order valence-corrected chi connectivity index (χ0v) is 16.3. The zero-order valence-electron chi connectivity index (χ0n) is 16.3. The molecule has 1 aliphatic rings. The van der Waals surface area contributed by atoms with Crippen LogP contribution < -0.4 is 0 Å². The van der Waals surface area contributed by atoms with Crippen LogP contribution in [0.4, 0.5) is 13.2 Å². The number of Topliss-reactive ketones (excluding diaryl/α,β-unsaturated/α-hetero) is 2. The Morgan fingerprint density at radius 2 is 1.66 bits per heavy atom. The number of halogens is 3. The van der Waals surface area contributed by atoms with Crippen LogP contribution in [0.3, 0.4) is 0 Å². The molecule has 1 saturated carbocycles. The first-order chi connectivity index (χ1) is 13.8. The van der Waals surface area contributed by atoms with Crippen molar-refractivity contribution in [3.8, 4) is 0 Å². The van der Waals surface area contributed by atoms with E-state index in [2.05, 4.69) is 17.1 Å². The smallest absolute Gasteiger partial charge is 0.299 e. The van der Waals surface area contributed by atoms with Gasteiger partial charge in [0.1, 0.15) is 17.3 Å². The Bertz CT molecular complexity index is 856. The average molecular weight is 403 g/mol. The lowest BCUT2D eigenvalue weighted by molar-refractivity contribution is -0.141. The van der Waals surface area contributed by atoms with Crippen molar-refractivity contribution in [2.75, 3.05) is 0 Å². The van der Waals surface area contributed by atoms with Crippen LogP contribution in [0.2, 0.25) is 0 Å². The number of ketones is 2. The lowest BCUT2D eigenvalue weighted by Gasteiger charge is -2.29. The summed E-state index contributed by atoms with van der Waals surface area (Å²) in [6.07, 6.45) is -1.52. The predicted molar refractivity (Wildman–Crippen MR) is 103 cm³/mol. The number of hydrogen-bond donors (Lipinski definition) is 0. The molecule has 1 unspecified atom stereocenters. The van der Waals surface area contributed by atoms with E-state index in [9.17, 15) is 22.8 Å². The molecular formula is C23H24F3NO2. The van der Waals surface area contributed by atoms with E-state index in [4.69, 9.17) is 0 Å². The summed E-state index contributed by atoms with van der Waals surface area (Å²) in [4.78, 5) is 28.7. The average Bonchev–Trinajstić information content (AvgIpc) is 2.72. The van der Waals surface area contributed by atoms with E-state index in [0.29, 0.717) is 18.8 Å². The van der Waals surface area contributed by atoms with Crippen molar-refractivity contribution in [2.24, 2.45) is 11.8 Å². The molecule has 0 bridgehead atoms. The number of aromatic nitrogens is 1. The van der Waals surface area contributed by atoms with Gasteiger partial charge in [-0.2, -0.15) is 13.2 Å². The third-order valence-electron chi connectivity index (χ3n) is 5.75. The Balaban J connectivity index is 1.67. The molecule has 1 aromatic carbocycles. The molecule has 0 amide bonds. The Kier molecular flexibility index (Phi) is 6.50. The first-order valence-electron chi connectivity index (χ1n) is 9.88. The van der Waals surface area contributed by atoms with Gasteiger partial charge in [0.15, 0.2) is 0 Å². The minimum Gasteiger partial charge on any atom is -0.299 e. The quantitative estimate of drug-likeness (QED) is 0.608. The Labute approximate surface area is 168 Å². The summed E-state index contributed by atoms with van der Waals surface area (Å²) >= 11 is 0.